The molecular formula is C21H29FN3O3+. The van der Waals surface area contributed by atoms with Gasteiger partial charge >= 0.3 is 0 Å². The van der Waals surface area contributed by atoms with Crippen LogP contribution in [0.2, 0.25) is 0 Å². The number of carbonyl (C=O) groups excluding carboxylic acids is 1. The maximum absolute atomic E-state index is 14.0. The predicted octanol–water partition coefficient (Wildman–Crippen LogP) is 1.40. The first-order valence-electron chi connectivity index (χ1n) is 10.1. The van der Waals surface area contributed by atoms with E-state index in [4.69, 9.17) is 0 Å². The molecule has 1 aromatic carbocycles. The fourth-order valence-corrected chi connectivity index (χ4v) is 4.12. The first kappa shape index (κ1) is 20.3. The number of benzene rings is 1. The number of hydrogen-bond acceptors (Lipinski definition) is 3. The van der Waals surface area contributed by atoms with Gasteiger partial charge in [0.05, 0.1) is 25.2 Å². The largest absolute Gasteiger partial charge is 0.506 e. The topological polar surface area (TPSA) is 75.8 Å². The summed E-state index contributed by atoms with van der Waals surface area (Å²) in [6, 6.07) is 2.48. The number of aromatic nitrogens is 1. The number of aryl methyl sites for hydroxylation is 1. The first-order chi connectivity index (χ1) is 13.4. The molecule has 1 atom stereocenters. The van der Waals surface area contributed by atoms with E-state index in [9.17, 15) is 19.1 Å². The summed E-state index contributed by atoms with van der Waals surface area (Å²) in [4.78, 5) is 27.2. The Morgan fingerprint density at radius 3 is 2.75 bits per heavy atom. The standard InChI is InChI=1S/C21H28FN3O3/c1-4-24(5-2)10-6-9-23-20(27)17-19(26)16-12-15(22)11-14-8-7-13(3)25(18(14)16)21(17)28/h11-13,26H,4-10H2,1-3H3,(H,23,27)/p+1. The molecule has 28 heavy (non-hydrogen) atoms. The summed E-state index contributed by atoms with van der Waals surface area (Å²) < 4.78 is 15.6. The van der Waals surface area contributed by atoms with E-state index >= 15 is 0 Å². The third-order valence-corrected chi connectivity index (χ3v) is 5.81. The zero-order valence-corrected chi connectivity index (χ0v) is 16.8. The zero-order valence-electron chi connectivity index (χ0n) is 16.8. The van der Waals surface area contributed by atoms with E-state index in [2.05, 4.69) is 19.2 Å². The van der Waals surface area contributed by atoms with Gasteiger partial charge in [-0.25, -0.2) is 4.39 Å². The van der Waals surface area contributed by atoms with Crippen LogP contribution in [0.3, 0.4) is 0 Å². The maximum Gasteiger partial charge on any atom is 0.267 e. The molecule has 1 aliphatic heterocycles. The molecule has 3 N–H and O–H groups in total. The zero-order chi connectivity index (χ0) is 20.4. The van der Waals surface area contributed by atoms with Gasteiger partial charge in [-0.2, -0.15) is 0 Å². The molecule has 0 aliphatic carbocycles. The van der Waals surface area contributed by atoms with Crippen LogP contribution in [-0.4, -0.2) is 41.8 Å². The van der Waals surface area contributed by atoms with Crippen molar-refractivity contribution in [2.45, 2.75) is 46.1 Å². The Bertz CT molecular complexity index is 950. The van der Waals surface area contributed by atoms with E-state index in [1.165, 1.54) is 21.6 Å². The Morgan fingerprint density at radius 2 is 2.07 bits per heavy atom. The van der Waals surface area contributed by atoms with Crippen molar-refractivity contribution in [3.8, 4) is 5.75 Å². The Labute approximate surface area is 164 Å². The van der Waals surface area contributed by atoms with Crippen LogP contribution in [-0.2, 0) is 6.42 Å². The summed E-state index contributed by atoms with van der Waals surface area (Å²) in [6.07, 6.45) is 2.10. The van der Waals surface area contributed by atoms with Crippen molar-refractivity contribution in [3.63, 3.8) is 0 Å². The molecule has 1 aliphatic rings. The Kier molecular flexibility index (Phi) is 6.03. The van der Waals surface area contributed by atoms with E-state index in [0.29, 0.717) is 30.5 Å². The fourth-order valence-electron chi connectivity index (χ4n) is 4.12. The van der Waals surface area contributed by atoms with Crippen molar-refractivity contribution in [1.82, 2.24) is 9.88 Å². The van der Waals surface area contributed by atoms with Crippen LogP contribution in [0.15, 0.2) is 16.9 Å². The third kappa shape index (κ3) is 3.63. The molecule has 0 bridgehead atoms. The van der Waals surface area contributed by atoms with E-state index in [1.807, 2.05) is 6.92 Å². The quantitative estimate of drug-likeness (QED) is 0.626. The summed E-state index contributed by atoms with van der Waals surface area (Å²) in [5.41, 5.74) is 0.406. The molecule has 7 heteroatoms. The van der Waals surface area contributed by atoms with Gasteiger partial charge in [-0.15, -0.1) is 0 Å². The van der Waals surface area contributed by atoms with Gasteiger partial charge in [0.1, 0.15) is 17.1 Å². The molecule has 2 heterocycles. The number of amides is 1. The number of pyridine rings is 1. The lowest BCUT2D eigenvalue weighted by Crippen LogP contribution is -3.11. The lowest BCUT2D eigenvalue weighted by atomic mass is 9.95. The van der Waals surface area contributed by atoms with Crippen molar-refractivity contribution in [2.75, 3.05) is 26.2 Å². The first-order valence-corrected chi connectivity index (χ1v) is 10.1. The minimum Gasteiger partial charge on any atom is -0.506 e. The van der Waals surface area contributed by atoms with Crippen LogP contribution in [0.25, 0.3) is 10.9 Å². The monoisotopic (exact) mass is 390 g/mol. The highest BCUT2D eigenvalue weighted by molar-refractivity contribution is 6.03. The lowest BCUT2D eigenvalue weighted by molar-refractivity contribution is -0.896. The van der Waals surface area contributed by atoms with Crippen molar-refractivity contribution in [2.24, 2.45) is 0 Å². The van der Waals surface area contributed by atoms with Crippen molar-refractivity contribution < 1.29 is 19.2 Å². The third-order valence-electron chi connectivity index (χ3n) is 5.81. The number of nitrogens with one attached hydrogen (secondary N) is 2. The highest BCUT2D eigenvalue weighted by Gasteiger charge is 2.28. The van der Waals surface area contributed by atoms with Crippen molar-refractivity contribution in [3.05, 3.63) is 39.4 Å². The number of hydrogen-bond donors (Lipinski definition) is 3. The molecule has 2 aromatic rings. The molecule has 1 aromatic heterocycles. The molecule has 6 nitrogen and oxygen atoms in total. The highest BCUT2D eigenvalue weighted by Crippen LogP contribution is 2.35. The molecule has 0 saturated carbocycles. The van der Waals surface area contributed by atoms with Crippen LogP contribution in [0, 0.1) is 5.82 Å². The molecule has 152 valence electrons. The van der Waals surface area contributed by atoms with Crippen LogP contribution >= 0.6 is 0 Å². The van der Waals surface area contributed by atoms with E-state index in [-0.39, 0.29) is 17.0 Å². The number of carbonyl (C=O) groups is 1. The Hall–Kier alpha value is -2.41. The van der Waals surface area contributed by atoms with Gasteiger partial charge in [0.15, 0.2) is 0 Å². The van der Waals surface area contributed by atoms with Gasteiger partial charge in [-0.3, -0.25) is 9.59 Å². The average Bonchev–Trinajstić information content (AvgIpc) is 2.67. The lowest BCUT2D eigenvalue weighted by Gasteiger charge is -2.26. The second-order valence-corrected chi connectivity index (χ2v) is 7.56. The molecule has 0 saturated heterocycles. The van der Waals surface area contributed by atoms with Crippen LogP contribution < -0.4 is 15.8 Å². The van der Waals surface area contributed by atoms with E-state index < -0.39 is 23.0 Å². The van der Waals surface area contributed by atoms with Crippen molar-refractivity contribution in [1.29, 1.82) is 0 Å². The second-order valence-electron chi connectivity index (χ2n) is 7.56. The number of halogens is 1. The van der Waals surface area contributed by atoms with Crippen LogP contribution in [0.4, 0.5) is 4.39 Å². The van der Waals surface area contributed by atoms with Gasteiger partial charge in [0, 0.05) is 24.4 Å². The number of aromatic hydroxyl groups is 1. The van der Waals surface area contributed by atoms with Gasteiger partial charge < -0.3 is 19.9 Å². The predicted molar refractivity (Wildman–Crippen MR) is 107 cm³/mol. The molecule has 0 spiro atoms. The summed E-state index contributed by atoms with van der Waals surface area (Å²) >= 11 is 0. The van der Waals surface area contributed by atoms with Crippen molar-refractivity contribution >= 4 is 16.8 Å². The number of nitrogens with zero attached hydrogens (tertiary/aromatic N) is 1. The van der Waals surface area contributed by atoms with Gasteiger partial charge in [0.25, 0.3) is 11.5 Å². The normalized spacial score (nSPS) is 16.0. The summed E-state index contributed by atoms with van der Waals surface area (Å²) in [5.74, 6) is -1.52. The molecule has 0 fully saturated rings. The highest BCUT2D eigenvalue weighted by atomic mass is 19.1. The van der Waals surface area contributed by atoms with Gasteiger partial charge in [0.2, 0.25) is 0 Å². The SMILES string of the molecule is CC[NH+](CC)CCCNC(=O)c1c(O)c2cc(F)cc3c2n(c1=O)C(C)CC3. The molecule has 1 unspecified atom stereocenters. The minimum absolute atomic E-state index is 0.119. The average molecular weight is 390 g/mol. The molecular weight excluding hydrogens is 361 g/mol. The maximum atomic E-state index is 14.0. The van der Waals surface area contributed by atoms with Crippen LogP contribution in [0.5, 0.6) is 5.75 Å². The molecule has 1 amide bonds. The fraction of sp³-hybridized carbons (Fsp3) is 0.524. The molecule has 3 rings (SSSR count). The molecule has 0 radical (unpaired) electrons. The summed E-state index contributed by atoms with van der Waals surface area (Å²) in [7, 11) is 0. The van der Waals surface area contributed by atoms with E-state index in [0.717, 1.165) is 26.1 Å². The van der Waals surface area contributed by atoms with Crippen LogP contribution in [0.1, 0.15) is 55.6 Å². The minimum atomic E-state index is -0.605. The Morgan fingerprint density at radius 1 is 1.36 bits per heavy atom. The Balaban J connectivity index is 1.94. The summed E-state index contributed by atoms with van der Waals surface area (Å²) in [5, 5.41) is 13.6. The summed E-state index contributed by atoms with van der Waals surface area (Å²) in [6.45, 7) is 9.52. The second kappa shape index (κ2) is 8.31. The number of rotatable bonds is 7. The number of quaternary nitrogens is 1. The van der Waals surface area contributed by atoms with Gasteiger partial charge in [-0.1, -0.05) is 0 Å². The van der Waals surface area contributed by atoms with Gasteiger partial charge in [-0.05, 0) is 51.3 Å². The smallest absolute Gasteiger partial charge is 0.267 e. The van der Waals surface area contributed by atoms with E-state index in [1.54, 1.807) is 0 Å².